The lowest BCUT2D eigenvalue weighted by Gasteiger charge is -2.30. The normalized spacial score (nSPS) is 37.3. The molecule has 2 heterocycles. The van der Waals surface area contributed by atoms with E-state index in [4.69, 9.17) is 0 Å². The molecule has 2 unspecified atom stereocenters. The Balaban J connectivity index is 1.91. The zero-order chi connectivity index (χ0) is 9.97. The molecule has 2 saturated heterocycles. The molecule has 3 nitrogen and oxygen atoms in total. The summed E-state index contributed by atoms with van der Waals surface area (Å²) in [5.74, 6) is 0. The summed E-state index contributed by atoms with van der Waals surface area (Å²) in [6.45, 7) is 7.31. The van der Waals surface area contributed by atoms with E-state index in [1.54, 1.807) is 0 Å². The molecule has 0 aromatic heterocycles. The highest BCUT2D eigenvalue weighted by atomic mass is 15.3. The van der Waals surface area contributed by atoms with E-state index in [2.05, 4.69) is 29.1 Å². The van der Waals surface area contributed by atoms with Gasteiger partial charge in [-0.2, -0.15) is 0 Å². The van der Waals surface area contributed by atoms with Gasteiger partial charge in [-0.25, -0.2) is 0 Å². The molecule has 0 bridgehead atoms. The summed E-state index contributed by atoms with van der Waals surface area (Å²) in [4.78, 5) is 5.12. The van der Waals surface area contributed by atoms with Crippen LogP contribution in [0.15, 0.2) is 0 Å². The van der Waals surface area contributed by atoms with Gasteiger partial charge >= 0.3 is 0 Å². The third-order valence-corrected chi connectivity index (χ3v) is 3.68. The Bertz CT molecular complexity index is 177. The molecule has 2 aliphatic heterocycles. The first-order chi connectivity index (χ1) is 6.77. The first-order valence-electron chi connectivity index (χ1n) is 5.95. The molecule has 1 N–H and O–H groups in total. The van der Waals surface area contributed by atoms with Gasteiger partial charge in [-0.3, -0.25) is 4.90 Å². The van der Waals surface area contributed by atoms with Crippen molar-refractivity contribution in [1.29, 1.82) is 0 Å². The van der Waals surface area contributed by atoms with Crippen LogP contribution in [0.2, 0.25) is 0 Å². The fourth-order valence-electron chi connectivity index (χ4n) is 2.57. The first kappa shape index (κ1) is 10.4. The average molecular weight is 197 g/mol. The van der Waals surface area contributed by atoms with Gasteiger partial charge in [-0.05, 0) is 46.3 Å². The molecular weight excluding hydrogens is 174 g/mol. The lowest BCUT2D eigenvalue weighted by atomic mass is 10.2. The van der Waals surface area contributed by atoms with Gasteiger partial charge in [-0.1, -0.05) is 0 Å². The molecule has 2 rings (SSSR count). The number of hydrogen-bond donors (Lipinski definition) is 1. The average Bonchev–Trinajstić information content (AvgIpc) is 2.63. The maximum atomic E-state index is 3.60. The summed E-state index contributed by atoms with van der Waals surface area (Å²) in [7, 11) is 2.25. The summed E-state index contributed by atoms with van der Waals surface area (Å²) in [5, 5.41) is 3.60. The summed E-state index contributed by atoms with van der Waals surface area (Å²) in [5.41, 5.74) is 0. The fraction of sp³-hybridized carbons (Fsp3) is 1.00. The van der Waals surface area contributed by atoms with Crippen molar-refractivity contribution in [1.82, 2.24) is 15.1 Å². The number of rotatable bonds is 1. The second-order valence-corrected chi connectivity index (χ2v) is 4.79. The van der Waals surface area contributed by atoms with E-state index in [0.29, 0.717) is 12.2 Å². The zero-order valence-corrected chi connectivity index (χ0v) is 9.50. The summed E-state index contributed by atoms with van der Waals surface area (Å²) in [6.07, 6.45) is 4.69. The van der Waals surface area contributed by atoms with Gasteiger partial charge in [0, 0.05) is 19.1 Å². The van der Waals surface area contributed by atoms with E-state index in [0.717, 1.165) is 0 Å². The van der Waals surface area contributed by atoms with Crippen LogP contribution in [0.1, 0.15) is 26.2 Å². The minimum absolute atomic E-state index is 0.670. The van der Waals surface area contributed by atoms with Crippen molar-refractivity contribution >= 4 is 0 Å². The molecule has 0 aromatic carbocycles. The molecular formula is C11H23N3. The van der Waals surface area contributed by atoms with Crippen molar-refractivity contribution in [3.8, 4) is 0 Å². The van der Waals surface area contributed by atoms with E-state index in [1.807, 2.05) is 0 Å². The Morgan fingerprint density at radius 2 is 2.07 bits per heavy atom. The Kier molecular flexibility index (Phi) is 3.42. The molecule has 2 atom stereocenters. The second kappa shape index (κ2) is 4.60. The topological polar surface area (TPSA) is 18.5 Å². The standard InChI is InChI=1S/C11H23N3/c1-10-9-14(8-4-7-13(10)2)11-5-3-6-12-11/h10-12H,3-9H2,1-2H3. The van der Waals surface area contributed by atoms with Crippen molar-refractivity contribution in [3.05, 3.63) is 0 Å². The van der Waals surface area contributed by atoms with Crippen molar-refractivity contribution in [2.24, 2.45) is 0 Å². The molecule has 0 saturated carbocycles. The van der Waals surface area contributed by atoms with Crippen LogP contribution < -0.4 is 5.32 Å². The van der Waals surface area contributed by atoms with Crippen LogP contribution >= 0.6 is 0 Å². The minimum Gasteiger partial charge on any atom is -0.302 e. The summed E-state index contributed by atoms with van der Waals surface area (Å²) >= 11 is 0. The molecule has 0 aliphatic carbocycles. The predicted molar refractivity (Wildman–Crippen MR) is 59.3 cm³/mol. The Morgan fingerprint density at radius 3 is 2.79 bits per heavy atom. The fourth-order valence-corrected chi connectivity index (χ4v) is 2.57. The SMILES string of the molecule is CC1CN(C2CCCN2)CCCN1C. The molecule has 14 heavy (non-hydrogen) atoms. The molecule has 3 heteroatoms. The van der Waals surface area contributed by atoms with E-state index in [1.165, 1.54) is 45.4 Å². The van der Waals surface area contributed by atoms with Gasteiger partial charge in [0.1, 0.15) is 0 Å². The van der Waals surface area contributed by atoms with Crippen molar-refractivity contribution < 1.29 is 0 Å². The van der Waals surface area contributed by atoms with Crippen LogP contribution in [-0.4, -0.2) is 55.2 Å². The number of nitrogens with zero attached hydrogens (tertiary/aromatic N) is 2. The summed E-state index contributed by atoms with van der Waals surface area (Å²) in [6, 6.07) is 0.708. The number of nitrogens with one attached hydrogen (secondary N) is 1. The number of hydrogen-bond acceptors (Lipinski definition) is 3. The highest BCUT2D eigenvalue weighted by molar-refractivity contribution is 4.81. The van der Waals surface area contributed by atoms with Gasteiger partial charge in [0.25, 0.3) is 0 Å². The molecule has 0 amide bonds. The minimum atomic E-state index is 0.670. The highest BCUT2D eigenvalue weighted by Crippen LogP contribution is 2.15. The maximum Gasteiger partial charge on any atom is 0.0598 e. The van der Waals surface area contributed by atoms with Gasteiger partial charge in [0.2, 0.25) is 0 Å². The van der Waals surface area contributed by atoms with Crippen molar-refractivity contribution in [2.75, 3.05) is 33.2 Å². The largest absolute Gasteiger partial charge is 0.302 e. The van der Waals surface area contributed by atoms with Crippen LogP contribution in [-0.2, 0) is 0 Å². The van der Waals surface area contributed by atoms with Gasteiger partial charge in [-0.15, -0.1) is 0 Å². The Hall–Kier alpha value is -0.120. The maximum absolute atomic E-state index is 3.60. The Morgan fingerprint density at radius 1 is 1.21 bits per heavy atom. The smallest absolute Gasteiger partial charge is 0.0598 e. The van der Waals surface area contributed by atoms with Crippen LogP contribution in [0.25, 0.3) is 0 Å². The number of likely N-dealkylation sites (N-methyl/N-ethyl adjacent to an activating group) is 1. The predicted octanol–water partition coefficient (Wildman–Crippen LogP) is 0.722. The van der Waals surface area contributed by atoms with E-state index < -0.39 is 0 Å². The second-order valence-electron chi connectivity index (χ2n) is 4.79. The Labute approximate surface area is 87.4 Å². The third kappa shape index (κ3) is 2.27. The van der Waals surface area contributed by atoms with E-state index >= 15 is 0 Å². The zero-order valence-electron chi connectivity index (χ0n) is 9.50. The lowest BCUT2D eigenvalue weighted by Crippen LogP contribution is -2.46. The van der Waals surface area contributed by atoms with Crippen LogP contribution in [0.3, 0.4) is 0 Å². The molecule has 2 fully saturated rings. The van der Waals surface area contributed by atoms with Crippen LogP contribution in [0.5, 0.6) is 0 Å². The van der Waals surface area contributed by atoms with Gasteiger partial charge < -0.3 is 10.2 Å². The van der Waals surface area contributed by atoms with Crippen LogP contribution in [0.4, 0.5) is 0 Å². The lowest BCUT2D eigenvalue weighted by molar-refractivity contribution is 0.161. The molecule has 2 aliphatic rings. The highest BCUT2D eigenvalue weighted by Gasteiger charge is 2.26. The van der Waals surface area contributed by atoms with Crippen LogP contribution in [0, 0.1) is 0 Å². The van der Waals surface area contributed by atoms with E-state index in [-0.39, 0.29) is 0 Å². The van der Waals surface area contributed by atoms with Crippen molar-refractivity contribution in [2.45, 2.75) is 38.4 Å². The van der Waals surface area contributed by atoms with Gasteiger partial charge in [0.15, 0.2) is 0 Å². The summed E-state index contributed by atoms with van der Waals surface area (Å²) < 4.78 is 0. The quantitative estimate of drug-likeness (QED) is 0.668. The van der Waals surface area contributed by atoms with E-state index in [9.17, 15) is 0 Å². The third-order valence-electron chi connectivity index (χ3n) is 3.68. The monoisotopic (exact) mass is 197 g/mol. The molecule has 82 valence electrons. The van der Waals surface area contributed by atoms with Crippen molar-refractivity contribution in [3.63, 3.8) is 0 Å². The molecule has 0 radical (unpaired) electrons. The molecule has 0 spiro atoms. The molecule has 0 aromatic rings. The van der Waals surface area contributed by atoms with Gasteiger partial charge in [0.05, 0.1) is 6.17 Å². The first-order valence-corrected chi connectivity index (χ1v) is 5.95.